The zero-order valence-corrected chi connectivity index (χ0v) is 14.1. The number of aromatic hydroxyl groups is 1. The van der Waals surface area contributed by atoms with E-state index in [0.717, 1.165) is 18.4 Å². The third kappa shape index (κ3) is 2.25. The fourth-order valence-corrected chi connectivity index (χ4v) is 6.08. The summed E-state index contributed by atoms with van der Waals surface area (Å²) in [4.78, 5) is 0. The number of aryl methyl sites for hydroxylation is 1. The highest BCUT2D eigenvalue weighted by Crippen LogP contribution is 2.55. The summed E-state index contributed by atoms with van der Waals surface area (Å²) in [6.07, 6.45) is 13.3. The Balaban J connectivity index is 1.60. The van der Waals surface area contributed by atoms with Crippen molar-refractivity contribution in [1.29, 1.82) is 0 Å². The molecule has 2 bridgehead atoms. The molecule has 2 nitrogen and oxygen atoms in total. The first-order chi connectivity index (χ1) is 11.3. The van der Waals surface area contributed by atoms with Crippen LogP contribution in [0.25, 0.3) is 0 Å². The minimum atomic E-state index is 0.370. The van der Waals surface area contributed by atoms with Gasteiger partial charge in [0.05, 0.1) is 0 Å². The molecule has 3 fully saturated rings. The number of nitrogens with one attached hydrogen (secondary N) is 1. The lowest BCUT2D eigenvalue weighted by Crippen LogP contribution is -2.59. The Bertz CT molecular complexity index is 617. The van der Waals surface area contributed by atoms with E-state index in [1.54, 1.807) is 11.1 Å². The number of rotatable bonds is 3. The summed E-state index contributed by atoms with van der Waals surface area (Å²) in [7, 11) is 0. The molecule has 3 atom stereocenters. The van der Waals surface area contributed by atoms with E-state index in [1.807, 2.05) is 0 Å². The van der Waals surface area contributed by atoms with Crippen molar-refractivity contribution in [2.75, 3.05) is 6.54 Å². The number of fused-ring (bicyclic) bond motifs is 1. The largest absolute Gasteiger partial charge is 0.508 e. The Labute approximate surface area is 139 Å². The zero-order chi connectivity index (χ0) is 15.4. The molecule has 0 aromatic heterocycles. The number of piperidine rings is 1. The van der Waals surface area contributed by atoms with E-state index in [0.29, 0.717) is 17.2 Å². The lowest BCUT2D eigenvalue weighted by atomic mass is 9.52. The van der Waals surface area contributed by atoms with Crippen molar-refractivity contribution in [1.82, 2.24) is 5.32 Å². The smallest absolute Gasteiger partial charge is 0.116 e. The monoisotopic (exact) mass is 311 g/mol. The Kier molecular flexibility index (Phi) is 3.27. The molecule has 2 saturated carbocycles. The van der Waals surface area contributed by atoms with Crippen LogP contribution in [0.15, 0.2) is 12.1 Å². The highest BCUT2D eigenvalue weighted by Gasteiger charge is 2.51. The Morgan fingerprint density at radius 1 is 1.13 bits per heavy atom. The van der Waals surface area contributed by atoms with Gasteiger partial charge in [0.15, 0.2) is 0 Å². The van der Waals surface area contributed by atoms with Gasteiger partial charge in [-0.25, -0.2) is 0 Å². The molecule has 0 radical (unpaired) electrons. The standard InChI is InChI=1S/C21H29NO/c23-16-11-15(7-6-14-4-5-14)17-13-20-18-3-1-2-8-21(18,9-10-22-20)19(17)12-16/h11-12,14,18,20,22-23H,1-10,13H2. The van der Waals surface area contributed by atoms with Crippen molar-refractivity contribution in [3.63, 3.8) is 0 Å². The molecule has 23 heavy (non-hydrogen) atoms. The van der Waals surface area contributed by atoms with Crippen molar-refractivity contribution >= 4 is 0 Å². The van der Waals surface area contributed by atoms with Gasteiger partial charge in [-0.3, -0.25) is 0 Å². The molecule has 3 unspecified atom stereocenters. The van der Waals surface area contributed by atoms with Crippen LogP contribution in [0.1, 0.15) is 68.1 Å². The molecule has 3 aliphatic carbocycles. The van der Waals surface area contributed by atoms with Gasteiger partial charge in [-0.1, -0.05) is 25.7 Å². The fraction of sp³-hybridized carbons (Fsp3) is 0.714. The minimum absolute atomic E-state index is 0.370. The topological polar surface area (TPSA) is 32.3 Å². The van der Waals surface area contributed by atoms with E-state index in [-0.39, 0.29) is 0 Å². The van der Waals surface area contributed by atoms with Gasteiger partial charge in [-0.15, -0.1) is 0 Å². The predicted octanol–water partition coefficient (Wildman–Crippen LogP) is 4.08. The molecule has 1 heterocycles. The average molecular weight is 311 g/mol. The number of hydrogen-bond acceptors (Lipinski definition) is 2. The zero-order valence-electron chi connectivity index (χ0n) is 14.1. The third-order valence-electron chi connectivity index (χ3n) is 7.37. The molecule has 1 aromatic carbocycles. The predicted molar refractivity (Wildman–Crippen MR) is 92.9 cm³/mol. The number of benzene rings is 1. The summed E-state index contributed by atoms with van der Waals surface area (Å²) in [6, 6.07) is 4.91. The molecule has 2 heteroatoms. The van der Waals surface area contributed by atoms with E-state index in [1.165, 1.54) is 69.8 Å². The van der Waals surface area contributed by atoms with Crippen molar-refractivity contribution < 1.29 is 5.11 Å². The second-order valence-corrected chi connectivity index (χ2v) is 8.64. The highest BCUT2D eigenvalue weighted by atomic mass is 16.3. The van der Waals surface area contributed by atoms with Gasteiger partial charge in [0.1, 0.15) is 5.75 Å². The van der Waals surface area contributed by atoms with Crippen LogP contribution in [0.4, 0.5) is 0 Å². The van der Waals surface area contributed by atoms with Crippen molar-refractivity contribution in [3.8, 4) is 5.75 Å². The summed E-state index contributed by atoms with van der Waals surface area (Å²) in [5.41, 5.74) is 4.99. The number of phenolic OH excluding ortho intramolecular Hbond substituents is 1. The summed E-state index contributed by atoms with van der Waals surface area (Å²) in [5.74, 6) is 2.29. The molecule has 124 valence electrons. The molecule has 0 spiro atoms. The van der Waals surface area contributed by atoms with Crippen LogP contribution in [0.5, 0.6) is 5.75 Å². The van der Waals surface area contributed by atoms with Gasteiger partial charge in [0.2, 0.25) is 0 Å². The lowest BCUT2D eigenvalue weighted by Gasteiger charge is -2.56. The van der Waals surface area contributed by atoms with Crippen LogP contribution in [-0.2, 0) is 18.3 Å². The van der Waals surface area contributed by atoms with E-state index < -0.39 is 0 Å². The Hall–Kier alpha value is -1.02. The average Bonchev–Trinajstić information content (AvgIpc) is 3.38. The van der Waals surface area contributed by atoms with Gasteiger partial charge in [-0.2, -0.15) is 0 Å². The summed E-state index contributed by atoms with van der Waals surface area (Å²) < 4.78 is 0. The van der Waals surface area contributed by atoms with Crippen LogP contribution < -0.4 is 5.32 Å². The van der Waals surface area contributed by atoms with Gasteiger partial charge in [0.25, 0.3) is 0 Å². The molecular weight excluding hydrogens is 282 g/mol. The van der Waals surface area contributed by atoms with Gasteiger partial charge in [-0.05, 0) is 85.7 Å². The van der Waals surface area contributed by atoms with Crippen LogP contribution in [0, 0.1) is 11.8 Å². The maximum Gasteiger partial charge on any atom is 0.116 e. The molecule has 1 aromatic rings. The number of hydrogen-bond donors (Lipinski definition) is 2. The first kappa shape index (κ1) is 14.3. The van der Waals surface area contributed by atoms with Gasteiger partial charge >= 0.3 is 0 Å². The normalized spacial score (nSPS) is 35.5. The highest BCUT2D eigenvalue weighted by molar-refractivity contribution is 5.50. The van der Waals surface area contributed by atoms with Gasteiger partial charge < -0.3 is 10.4 Å². The Morgan fingerprint density at radius 3 is 2.91 bits per heavy atom. The second-order valence-electron chi connectivity index (χ2n) is 8.64. The van der Waals surface area contributed by atoms with Crippen molar-refractivity contribution in [3.05, 3.63) is 28.8 Å². The van der Waals surface area contributed by atoms with Crippen LogP contribution in [-0.4, -0.2) is 17.7 Å². The maximum atomic E-state index is 10.4. The molecule has 4 aliphatic rings. The quantitative estimate of drug-likeness (QED) is 0.881. The maximum absolute atomic E-state index is 10.4. The van der Waals surface area contributed by atoms with Crippen LogP contribution >= 0.6 is 0 Å². The van der Waals surface area contributed by atoms with E-state index in [9.17, 15) is 5.11 Å². The van der Waals surface area contributed by atoms with Gasteiger partial charge in [0, 0.05) is 11.5 Å². The second kappa shape index (κ2) is 5.24. The lowest BCUT2D eigenvalue weighted by molar-refractivity contribution is 0.0792. The van der Waals surface area contributed by atoms with Crippen molar-refractivity contribution in [2.45, 2.75) is 75.7 Å². The summed E-state index contributed by atoms with van der Waals surface area (Å²) >= 11 is 0. The van der Waals surface area contributed by atoms with E-state index >= 15 is 0 Å². The van der Waals surface area contributed by atoms with Crippen molar-refractivity contribution in [2.24, 2.45) is 11.8 Å². The molecular formula is C21H29NO. The van der Waals surface area contributed by atoms with Crippen LogP contribution in [0.2, 0.25) is 0 Å². The SMILES string of the molecule is Oc1cc(CCC2CC2)c2c(c1)C13CCCCC1C(C2)NCC3. The third-order valence-corrected chi connectivity index (χ3v) is 7.37. The van der Waals surface area contributed by atoms with E-state index in [4.69, 9.17) is 0 Å². The minimum Gasteiger partial charge on any atom is -0.508 e. The first-order valence-electron chi connectivity index (χ1n) is 9.85. The van der Waals surface area contributed by atoms with Crippen LogP contribution in [0.3, 0.4) is 0 Å². The molecule has 1 saturated heterocycles. The molecule has 2 N–H and O–H groups in total. The number of phenols is 1. The fourth-order valence-electron chi connectivity index (χ4n) is 6.08. The van der Waals surface area contributed by atoms with E-state index in [2.05, 4.69) is 17.4 Å². The Morgan fingerprint density at radius 2 is 2.04 bits per heavy atom. The molecule has 0 amide bonds. The summed E-state index contributed by atoms with van der Waals surface area (Å²) in [6.45, 7) is 1.16. The molecule has 1 aliphatic heterocycles. The molecule has 5 rings (SSSR count). The summed E-state index contributed by atoms with van der Waals surface area (Å²) in [5, 5.41) is 14.3. The first-order valence-corrected chi connectivity index (χ1v) is 9.85.